The van der Waals surface area contributed by atoms with Gasteiger partial charge in [0.1, 0.15) is 0 Å². The highest BCUT2D eigenvalue weighted by Gasteiger charge is 2.15. The second-order valence-electron chi connectivity index (χ2n) is 2.53. The average Bonchev–Trinajstić information content (AvgIpc) is 2.26. The first kappa shape index (κ1) is 10.5. The van der Waals surface area contributed by atoms with Crippen molar-refractivity contribution in [1.29, 1.82) is 0 Å². The van der Waals surface area contributed by atoms with Crippen molar-refractivity contribution in [3.05, 3.63) is 17.8 Å². The summed E-state index contributed by atoms with van der Waals surface area (Å²) in [6.07, 6.45) is 1.48. The molecule has 0 amide bonds. The zero-order valence-corrected chi connectivity index (χ0v) is 8.11. The molecule has 0 bridgehead atoms. The van der Waals surface area contributed by atoms with E-state index in [1.165, 1.54) is 20.4 Å². The maximum absolute atomic E-state index is 11.4. The monoisotopic (exact) mass is 196 g/mol. The Morgan fingerprint density at radius 2 is 2.21 bits per heavy atom. The number of hydrogen-bond donors (Lipinski definition) is 1. The number of carbonyl (C=O) groups is 1. The Balaban J connectivity index is 3.21. The summed E-state index contributed by atoms with van der Waals surface area (Å²) in [4.78, 5) is 15.3. The molecule has 1 heterocycles. The van der Waals surface area contributed by atoms with Crippen molar-refractivity contribution in [2.24, 2.45) is 5.73 Å². The molecule has 0 aromatic carbocycles. The van der Waals surface area contributed by atoms with Crippen LogP contribution in [0, 0.1) is 0 Å². The van der Waals surface area contributed by atoms with Crippen LogP contribution in [0.3, 0.4) is 0 Å². The van der Waals surface area contributed by atoms with E-state index in [1.807, 2.05) is 0 Å². The summed E-state index contributed by atoms with van der Waals surface area (Å²) in [6, 6.07) is 1.55. The van der Waals surface area contributed by atoms with Gasteiger partial charge in [-0.15, -0.1) is 0 Å². The van der Waals surface area contributed by atoms with Crippen molar-refractivity contribution >= 4 is 5.78 Å². The molecule has 1 rings (SSSR count). The third-order valence-corrected chi connectivity index (χ3v) is 1.76. The standard InChI is InChI=1S/C9H12N2O3/c1-13-8-6(7(12)5-10)3-4-11-9(8)14-2/h3-4H,5,10H2,1-2H3. The molecule has 2 N–H and O–H groups in total. The molecule has 14 heavy (non-hydrogen) atoms. The number of nitrogens with zero attached hydrogens (tertiary/aromatic N) is 1. The third-order valence-electron chi connectivity index (χ3n) is 1.76. The number of ether oxygens (including phenoxy) is 2. The highest BCUT2D eigenvalue weighted by molar-refractivity contribution is 6.00. The van der Waals surface area contributed by atoms with Crippen LogP contribution < -0.4 is 15.2 Å². The van der Waals surface area contributed by atoms with E-state index in [4.69, 9.17) is 15.2 Å². The van der Waals surface area contributed by atoms with Gasteiger partial charge >= 0.3 is 0 Å². The minimum absolute atomic E-state index is 0.0659. The molecular formula is C9H12N2O3. The summed E-state index contributed by atoms with van der Waals surface area (Å²) in [6.45, 7) is -0.0659. The molecule has 0 fully saturated rings. The van der Waals surface area contributed by atoms with E-state index in [1.54, 1.807) is 6.07 Å². The molecule has 1 aromatic rings. The number of nitrogens with two attached hydrogens (primary N) is 1. The van der Waals surface area contributed by atoms with E-state index in [9.17, 15) is 4.79 Å². The number of aromatic nitrogens is 1. The minimum atomic E-state index is -0.206. The smallest absolute Gasteiger partial charge is 0.257 e. The van der Waals surface area contributed by atoms with Gasteiger partial charge in [0.2, 0.25) is 0 Å². The summed E-state index contributed by atoms with van der Waals surface area (Å²) in [5, 5.41) is 0. The van der Waals surface area contributed by atoms with Gasteiger partial charge in [-0.05, 0) is 6.07 Å². The Morgan fingerprint density at radius 3 is 2.71 bits per heavy atom. The van der Waals surface area contributed by atoms with Gasteiger partial charge in [-0.2, -0.15) is 0 Å². The van der Waals surface area contributed by atoms with Crippen LogP contribution in [0.5, 0.6) is 11.6 Å². The molecule has 0 aliphatic carbocycles. The molecule has 0 spiro atoms. The third kappa shape index (κ3) is 1.82. The van der Waals surface area contributed by atoms with Crippen molar-refractivity contribution in [2.75, 3.05) is 20.8 Å². The van der Waals surface area contributed by atoms with Gasteiger partial charge < -0.3 is 15.2 Å². The van der Waals surface area contributed by atoms with Crippen molar-refractivity contribution in [3.63, 3.8) is 0 Å². The van der Waals surface area contributed by atoms with Crippen molar-refractivity contribution < 1.29 is 14.3 Å². The fourth-order valence-electron chi connectivity index (χ4n) is 1.10. The predicted molar refractivity (Wildman–Crippen MR) is 50.7 cm³/mol. The number of rotatable bonds is 4. The van der Waals surface area contributed by atoms with E-state index in [0.29, 0.717) is 11.3 Å². The van der Waals surface area contributed by atoms with Crippen LogP contribution in [0.15, 0.2) is 12.3 Å². The summed E-state index contributed by atoms with van der Waals surface area (Å²) < 4.78 is 9.97. The molecular weight excluding hydrogens is 184 g/mol. The van der Waals surface area contributed by atoms with Crippen molar-refractivity contribution in [1.82, 2.24) is 4.98 Å². The molecule has 0 atom stereocenters. The predicted octanol–water partition coefficient (Wildman–Crippen LogP) is 0.240. The van der Waals surface area contributed by atoms with E-state index >= 15 is 0 Å². The number of pyridine rings is 1. The lowest BCUT2D eigenvalue weighted by Gasteiger charge is -2.09. The molecule has 0 saturated heterocycles. The zero-order chi connectivity index (χ0) is 10.6. The highest BCUT2D eigenvalue weighted by atomic mass is 16.5. The molecule has 0 aliphatic heterocycles. The highest BCUT2D eigenvalue weighted by Crippen LogP contribution is 2.27. The van der Waals surface area contributed by atoms with Crippen LogP contribution in [0.25, 0.3) is 0 Å². The van der Waals surface area contributed by atoms with Crippen molar-refractivity contribution in [3.8, 4) is 11.6 Å². The molecule has 76 valence electrons. The lowest BCUT2D eigenvalue weighted by molar-refractivity contribution is 0.0997. The van der Waals surface area contributed by atoms with Crippen LogP contribution in [-0.4, -0.2) is 31.5 Å². The average molecular weight is 196 g/mol. The van der Waals surface area contributed by atoms with Crippen LogP contribution in [0.1, 0.15) is 10.4 Å². The Morgan fingerprint density at radius 1 is 1.50 bits per heavy atom. The van der Waals surface area contributed by atoms with Gasteiger partial charge in [0.05, 0.1) is 26.3 Å². The summed E-state index contributed by atoms with van der Waals surface area (Å²) >= 11 is 0. The largest absolute Gasteiger partial charge is 0.491 e. The van der Waals surface area contributed by atoms with E-state index < -0.39 is 0 Å². The van der Waals surface area contributed by atoms with Crippen LogP contribution >= 0.6 is 0 Å². The van der Waals surface area contributed by atoms with Gasteiger partial charge in [0, 0.05) is 6.20 Å². The summed E-state index contributed by atoms with van der Waals surface area (Å²) in [7, 11) is 2.91. The minimum Gasteiger partial charge on any atom is -0.491 e. The van der Waals surface area contributed by atoms with Crippen LogP contribution in [0.4, 0.5) is 0 Å². The molecule has 0 radical (unpaired) electrons. The lowest BCUT2D eigenvalue weighted by Crippen LogP contribution is -2.15. The Bertz CT molecular complexity index is 339. The lowest BCUT2D eigenvalue weighted by atomic mass is 10.1. The van der Waals surface area contributed by atoms with E-state index in [-0.39, 0.29) is 18.2 Å². The first-order chi connectivity index (χ1) is 6.74. The van der Waals surface area contributed by atoms with Crippen LogP contribution in [-0.2, 0) is 0 Å². The normalized spacial score (nSPS) is 9.64. The molecule has 1 aromatic heterocycles. The summed E-state index contributed by atoms with van der Waals surface area (Å²) in [5.41, 5.74) is 5.64. The molecule has 5 nitrogen and oxygen atoms in total. The SMILES string of the molecule is COc1nccc(C(=O)CN)c1OC. The van der Waals surface area contributed by atoms with Gasteiger partial charge in [-0.3, -0.25) is 4.79 Å². The van der Waals surface area contributed by atoms with Gasteiger partial charge in [-0.1, -0.05) is 0 Å². The number of carbonyl (C=O) groups excluding carboxylic acids is 1. The Kier molecular flexibility index (Phi) is 3.41. The van der Waals surface area contributed by atoms with E-state index in [2.05, 4.69) is 4.98 Å². The second-order valence-corrected chi connectivity index (χ2v) is 2.53. The number of hydrogen-bond acceptors (Lipinski definition) is 5. The summed E-state index contributed by atoms with van der Waals surface area (Å²) in [5.74, 6) is 0.403. The number of methoxy groups -OCH3 is 2. The van der Waals surface area contributed by atoms with Gasteiger partial charge in [0.15, 0.2) is 11.5 Å². The molecule has 0 aliphatic rings. The molecule has 0 saturated carbocycles. The quantitative estimate of drug-likeness (QED) is 0.698. The number of Topliss-reactive ketones (excluding diaryl/α,β-unsaturated/α-hetero) is 1. The molecule has 0 unspecified atom stereocenters. The molecule has 5 heteroatoms. The first-order valence-corrected chi connectivity index (χ1v) is 4.04. The Labute approximate surface area is 81.8 Å². The Hall–Kier alpha value is -1.62. The van der Waals surface area contributed by atoms with Gasteiger partial charge in [0.25, 0.3) is 5.88 Å². The second kappa shape index (κ2) is 4.57. The fraction of sp³-hybridized carbons (Fsp3) is 0.333. The number of ketones is 1. The van der Waals surface area contributed by atoms with Crippen LogP contribution in [0.2, 0.25) is 0 Å². The van der Waals surface area contributed by atoms with E-state index in [0.717, 1.165) is 0 Å². The fourth-order valence-corrected chi connectivity index (χ4v) is 1.10. The maximum atomic E-state index is 11.4. The topological polar surface area (TPSA) is 74.4 Å². The van der Waals surface area contributed by atoms with Crippen molar-refractivity contribution in [2.45, 2.75) is 0 Å². The first-order valence-electron chi connectivity index (χ1n) is 4.04. The zero-order valence-electron chi connectivity index (χ0n) is 8.11. The van der Waals surface area contributed by atoms with Gasteiger partial charge in [-0.25, -0.2) is 4.98 Å². The maximum Gasteiger partial charge on any atom is 0.257 e.